The fourth-order valence-electron chi connectivity index (χ4n) is 2.27. The third kappa shape index (κ3) is 4.01. The van der Waals surface area contributed by atoms with Crippen molar-refractivity contribution in [2.45, 2.75) is 45.8 Å². The van der Waals surface area contributed by atoms with E-state index in [-0.39, 0.29) is 12.0 Å². The first-order chi connectivity index (χ1) is 9.60. The van der Waals surface area contributed by atoms with E-state index in [2.05, 4.69) is 22.0 Å². The van der Waals surface area contributed by atoms with E-state index in [0.717, 1.165) is 26.1 Å². The Morgan fingerprint density at radius 3 is 2.95 bits per heavy atom. The lowest BCUT2D eigenvalue weighted by Crippen LogP contribution is -2.39. The van der Waals surface area contributed by atoms with Crippen molar-refractivity contribution in [1.29, 1.82) is 0 Å². The van der Waals surface area contributed by atoms with Gasteiger partial charge in [0, 0.05) is 13.1 Å². The molecule has 6 nitrogen and oxygen atoms in total. The molecule has 1 aliphatic heterocycles. The maximum atomic E-state index is 9.84. The first-order valence-electron chi connectivity index (χ1n) is 7.44. The van der Waals surface area contributed by atoms with E-state index in [0.29, 0.717) is 24.7 Å². The molecule has 114 valence electrons. The predicted octanol–water partition coefficient (Wildman–Crippen LogP) is 1.41. The molecule has 2 rings (SSSR count). The first kappa shape index (κ1) is 15.4. The Kier molecular flexibility index (Phi) is 5.51. The van der Waals surface area contributed by atoms with Crippen LogP contribution in [0.5, 0.6) is 0 Å². The Labute approximate surface area is 120 Å². The van der Waals surface area contributed by atoms with Crippen LogP contribution in [0.15, 0.2) is 4.52 Å². The van der Waals surface area contributed by atoms with Gasteiger partial charge in [0.25, 0.3) is 0 Å². The van der Waals surface area contributed by atoms with Crippen molar-refractivity contribution < 1.29 is 14.4 Å². The van der Waals surface area contributed by atoms with Crippen LogP contribution >= 0.6 is 0 Å². The van der Waals surface area contributed by atoms with Crippen LogP contribution < -0.4 is 0 Å². The molecule has 0 saturated carbocycles. The monoisotopic (exact) mass is 283 g/mol. The molecule has 20 heavy (non-hydrogen) atoms. The second kappa shape index (κ2) is 7.15. The Morgan fingerprint density at radius 2 is 2.25 bits per heavy atom. The van der Waals surface area contributed by atoms with E-state index in [1.807, 2.05) is 13.8 Å². The largest absolute Gasteiger partial charge is 0.392 e. The van der Waals surface area contributed by atoms with Gasteiger partial charge in [-0.25, -0.2) is 0 Å². The second-order valence-corrected chi connectivity index (χ2v) is 5.72. The van der Waals surface area contributed by atoms with Gasteiger partial charge in [0.1, 0.15) is 6.10 Å². The standard InChI is InChI=1S/C14H25N3O3/c1-4-5-17-6-7-19-12(9-17)14-15-13(20-16-14)8-11(18)10(2)3/h10-12,18H,4-9H2,1-3H3. The number of hydrogen-bond donors (Lipinski definition) is 1. The lowest BCUT2D eigenvalue weighted by Gasteiger charge is -2.30. The number of aromatic nitrogens is 2. The third-order valence-corrected chi connectivity index (χ3v) is 3.62. The van der Waals surface area contributed by atoms with Gasteiger partial charge in [-0.05, 0) is 18.9 Å². The quantitative estimate of drug-likeness (QED) is 0.851. The average Bonchev–Trinajstić information content (AvgIpc) is 2.88. The van der Waals surface area contributed by atoms with Crippen LogP contribution in [-0.2, 0) is 11.2 Å². The van der Waals surface area contributed by atoms with Crippen molar-refractivity contribution in [3.8, 4) is 0 Å². The van der Waals surface area contributed by atoms with Gasteiger partial charge < -0.3 is 14.4 Å². The van der Waals surface area contributed by atoms with Crippen LogP contribution in [0.1, 0.15) is 45.0 Å². The van der Waals surface area contributed by atoms with Crippen molar-refractivity contribution in [2.24, 2.45) is 5.92 Å². The smallest absolute Gasteiger partial charge is 0.229 e. The molecule has 0 spiro atoms. The van der Waals surface area contributed by atoms with E-state index >= 15 is 0 Å². The first-order valence-corrected chi connectivity index (χ1v) is 7.44. The summed E-state index contributed by atoms with van der Waals surface area (Å²) < 4.78 is 10.9. The van der Waals surface area contributed by atoms with Gasteiger partial charge in [-0.1, -0.05) is 25.9 Å². The zero-order valence-corrected chi connectivity index (χ0v) is 12.6. The highest BCUT2D eigenvalue weighted by molar-refractivity contribution is 4.95. The molecule has 0 aliphatic carbocycles. The Bertz CT molecular complexity index is 406. The van der Waals surface area contributed by atoms with Crippen molar-refractivity contribution in [3.05, 3.63) is 11.7 Å². The normalized spacial score (nSPS) is 22.4. The summed E-state index contributed by atoms with van der Waals surface area (Å²) >= 11 is 0. The molecule has 1 aromatic rings. The maximum Gasteiger partial charge on any atom is 0.229 e. The van der Waals surface area contributed by atoms with Crippen LogP contribution in [0.4, 0.5) is 0 Å². The van der Waals surface area contributed by atoms with E-state index in [1.54, 1.807) is 0 Å². The fourth-order valence-corrected chi connectivity index (χ4v) is 2.27. The average molecular weight is 283 g/mol. The third-order valence-electron chi connectivity index (χ3n) is 3.62. The van der Waals surface area contributed by atoms with Crippen molar-refractivity contribution >= 4 is 0 Å². The van der Waals surface area contributed by atoms with E-state index < -0.39 is 6.10 Å². The van der Waals surface area contributed by atoms with Gasteiger partial charge in [-0.2, -0.15) is 4.98 Å². The van der Waals surface area contributed by atoms with Gasteiger partial charge in [-0.3, -0.25) is 4.90 Å². The highest BCUT2D eigenvalue weighted by Gasteiger charge is 2.26. The highest BCUT2D eigenvalue weighted by Crippen LogP contribution is 2.20. The molecule has 2 unspecified atom stereocenters. The van der Waals surface area contributed by atoms with Crippen LogP contribution in [-0.4, -0.2) is 52.5 Å². The summed E-state index contributed by atoms with van der Waals surface area (Å²) in [5, 5.41) is 13.8. The lowest BCUT2D eigenvalue weighted by atomic mass is 10.0. The van der Waals surface area contributed by atoms with E-state index in [1.165, 1.54) is 0 Å². The minimum absolute atomic E-state index is 0.121. The molecule has 1 N–H and O–H groups in total. The molecule has 0 radical (unpaired) electrons. The predicted molar refractivity (Wildman–Crippen MR) is 74.3 cm³/mol. The molecule has 2 heterocycles. The minimum Gasteiger partial charge on any atom is -0.392 e. The van der Waals surface area contributed by atoms with Crippen LogP contribution in [0.3, 0.4) is 0 Å². The van der Waals surface area contributed by atoms with Gasteiger partial charge in [0.05, 0.1) is 19.1 Å². The number of aliphatic hydroxyl groups excluding tert-OH is 1. The Balaban J connectivity index is 1.94. The number of aliphatic hydroxyl groups is 1. The molecule has 1 aromatic heterocycles. The van der Waals surface area contributed by atoms with Crippen molar-refractivity contribution in [1.82, 2.24) is 15.0 Å². The number of ether oxygens (including phenoxy) is 1. The van der Waals surface area contributed by atoms with Gasteiger partial charge in [-0.15, -0.1) is 0 Å². The van der Waals surface area contributed by atoms with E-state index in [4.69, 9.17) is 9.26 Å². The maximum absolute atomic E-state index is 9.84. The second-order valence-electron chi connectivity index (χ2n) is 5.72. The Morgan fingerprint density at radius 1 is 1.45 bits per heavy atom. The zero-order valence-electron chi connectivity index (χ0n) is 12.6. The minimum atomic E-state index is -0.452. The topological polar surface area (TPSA) is 71.6 Å². The van der Waals surface area contributed by atoms with Crippen LogP contribution in [0.25, 0.3) is 0 Å². The summed E-state index contributed by atoms with van der Waals surface area (Å²) in [6.07, 6.45) is 0.956. The molecule has 1 saturated heterocycles. The summed E-state index contributed by atoms with van der Waals surface area (Å²) in [4.78, 5) is 6.72. The van der Waals surface area contributed by atoms with Crippen LogP contribution in [0, 0.1) is 5.92 Å². The highest BCUT2D eigenvalue weighted by atomic mass is 16.5. The summed E-state index contributed by atoms with van der Waals surface area (Å²) in [6.45, 7) is 9.63. The molecular formula is C14H25N3O3. The number of nitrogens with zero attached hydrogens (tertiary/aromatic N) is 3. The zero-order chi connectivity index (χ0) is 14.5. The van der Waals surface area contributed by atoms with Crippen molar-refractivity contribution in [2.75, 3.05) is 26.2 Å². The molecule has 6 heteroatoms. The Hall–Kier alpha value is -0.980. The summed E-state index contributed by atoms with van der Waals surface area (Å²) in [6, 6.07) is 0. The molecule has 0 aromatic carbocycles. The van der Waals surface area contributed by atoms with Crippen LogP contribution in [0.2, 0.25) is 0 Å². The molecule has 2 atom stereocenters. The molecule has 1 fully saturated rings. The number of morpholine rings is 1. The van der Waals surface area contributed by atoms with Gasteiger partial charge >= 0.3 is 0 Å². The van der Waals surface area contributed by atoms with E-state index in [9.17, 15) is 5.11 Å². The molecule has 0 amide bonds. The summed E-state index contributed by atoms with van der Waals surface area (Å²) in [5.74, 6) is 1.26. The molecule has 1 aliphatic rings. The molecule has 0 bridgehead atoms. The summed E-state index contributed by atoms with van der Waals surface area (Å²) in [5.41, 5.74) is 0. The fraction of sp³-hybridized carbons (Fsp3) is 0.857. The number of rotatable bonds is 6. The number of hydrogen-bond acceptors (Lipinski definition) is 6. The van der Waals surface area contributed by atoms with Crippen molar-refractivity contribution in [3.63, 3.8) is 0 Å². The lowest BCUT2D eigenvalue weighted by molar-refractivity contribution is -0.0350. The van der Waals surface area contributed by atoms with Gasteiger partial charge in [0.15, 0.2) is 0 Å². The summed E-state index contributed by atoms with van der Waals surface area (Å²) in [7, 11) is 0. The molecular weight excluding hydrogens is 258 g/mol. The SMILES string of the molecule is CCCN1CCOC(c2noc(CC(O)C(C)C)n2)C1. The van der Waals surface area contributed by atoms with Gasteiger partial charge in [0.2, 0.25) is 11.7 Å².